The maximum atomic E-state index is 12.0. The van der Waals surface area contributed by atoms with Crippen molar-refractivity contribution in [1.29, 1.82) is 0 Å². The van der Waals surface area contributed by atoms with Crippen LogP contribution >= 0.6 is 0 Å². The van der Waals surface area contributed by atoms with E-state index in [9.17, 15) is 4.79 Å². The average molecular weight is 267 g/mol. The molecule has 1 heterocycles. The van der Waals surface area contributed by atoms with Crippen LogP contribution in [0.15, 0.2) is 47.0 Å². The lowest BCUT2D eigenvalue weighted by molar-refractivity contribution is -0.135. The van der Waals surface area contributed by atoms with Crippen LogP contribution in [0.25, 0.3) is 5.57 Å². The van der Waals surface area contributed by atoms with Crippen LogP contribution in [-0.2, 0) is 9.53 Å². The van der Waals surface area contributed by atoms with Crippen molar-refractivity contribution >= 4 is 22.9 Å². The van der Waals surface area contributed by atoms with Gasteiger partial charge in [0, 0.05) is 17.1 Å². The fourth-order valence-electron chi connectivity index (χ4n) is 2.87. The number of aliphatic imine (C=N–C) groups is 1. The molecule has 0 fully saturated rings. The zero-order valence-electron chi connectivity index (χ0n) is 11.7. The smallest absolute Gasteiger partial charge is 0.338 e. The Kier molecular flexibility index (Phi) is 3.26. The van der Waals surface area contributed by atoms with Gasteiger partial charge in [-0.3, -0.25) is 4.99 Å². The van der Waals surface area contributed by atoms with E-state index >= 15 is 0 Å². The van der Waals surface area contributed by atoms with E-state index in [1.165, 1.54) is 7.11 Å². The number of carbonyl (C=O) groups excluding carboxylic acids is 1. The van der Waals surface area contributed by atoms with E-state index in [2.05, 4.69) is 13.0 Å². The summed E-state index contributed by atoms with van der Waals surface area (Å²) in [4.78, 5) is 16.7. The van der Waals surface area contributed by atoms with Crippen LogP contribution in [0, 0.1) is 5.92 Å². The highest BCUT2D eigenvalue weighted by Crippen LogP contribution is 2.42. The Balaban J connectivity index is 2.16. The Labute approximate surface area is 118 Å². The van der Waals surface area contributed by atoms with Crippen molar-refractivity contribution in [3.05, 3.63) is 47.6 Å². The van der Waals surface area contributed by atoms with E-state index in [0.29, 0.717) is 5.57 Å². The second-order valence-electron chi connectivity index (χ2n) is 5.05. The molecule has 0 N–H and O–H groups in total. The SMILES string of the molecule is CCCC1C=CC(C(=O)OC)=C2C1=Nc1ccccc12. The molecule has 1 atom stereocenters. The third-order valence-corrected chi connectivity index (χ3v) is 3.79. The van der Waals surface area contributed by atoms with Gasteiger partial charge in [0.25, 0.3) is 0 Å². The summed E-state index contributed by atoms with van der Waals surface area (Å²) in [5.41, 5.74) is 4.56. The number of allylic oxidation sites excluding steroid dienone is 2. The number of nitrogens with zero attached hydrogens (tertiary/aromatic N) is 1. The topological polar surface area (TPSA) is 38.7 Å². The molecular weight excluding hydrogens is 250 g/mol. The first-order valence-electron chi connectivity index (χ1n) is 6.95. The monoisotopic (exact) mass is 267 g/mol. The minimum absolute atomic E-state index is 0.288. The van der Waals surface area contributed by atoms with Crippen molar-refractivity contribution in [2.24, 2.45) is 10.9 Å². The molecule has 1 unspecified atom stereocenters. The first-order chi connectivity index (χ1) is 9.76. The molecule has 20 heavy (non-hydrogen) atoms. The number of hydrogen-bond donors (Lipinski definition) is 0. The third kappa shape index (κ3) is 1.90. The van der Waals surface area contributed by atoms with Crippen LogP contribution in [0.5, 0.6) is 0 Å². The molecule has 3 rings (SSSR count). The highest BCUT2D eigenvalue weighted by atomic mass is 16.5. The summed E-state index contributed by atoms with van der Waals surface area (Å²) in [5, 5.41) is 0. The lowest BCUT2D eigenvalue weighted by atomic mass is 9.83. The van der Waals surface area contributed by atoms with Crippen LogP contribution in [0.1, 0.15) is 25.3 Å². The van der Waals surface area contributed by atoms with Crippen LogP contribution < -0.4 is 0 Å². The maximum absolute atomic E-state index is 12.0. The number of para-hydroxylation sites is 1. The lowest BCUT2D eigenvalue weighted by Crippen LogP contribution is -2.19. The molecule has 0 saturated carbocycles. The van der Waals surface area contributed by atoms with Crippen LogP contribution in [-0.4, -0.2) is 18.8 Å². The summed E-state index contributed by atoms with van der Waals surface area (Å²) in [6.45, 7) is 2.16. The summed E-state index contributed by atoms with van der Waals surface area (Å²) in [6.07, 6.45) is 6.10. The Bertz CT molecular complexity index is 653. The predicted molar refractivity (Wildman–Crippen MR) is 80.0 cm³/mol. The van der Waals surface area contributed by atoms with Crippen LogP contribution in [0.2, 0.25) is 0 Å². The standard InChI is InChI=1S/C17H17NO2/c1-3-6-11-9-10-13(17(19)20-2)15-12-7-4-5-8-14(12)18-16(11)15/h4-5,7-11H,3,6H2,1-2H3. The van der Waals surface area contributed by atoms with Crippen molar-refractivity contribution in [3.8, 4) is 0 Å². The van der Waals surface area contributed by atoms with Crippen molar-refractivity contribution in [3.63, 3.8) is 0 Å². The molecule has 1 aromatic carbocycles. The summed E-state index contributed by atoms with van der Waals surface area (Å²) < 4.78 is 4.91. The van der Waals surface area contributed by atoms with Crippen molar-refractivity contribution in [2.45, 2.75) is 19.8 Å². The summed E-state index contributed by atoms with van der Waals surface area (Å²) in [5.74, 6) is -0.00796. The van der Waals surface area contributed by atoms with Gasteiger partial charge in [0.1, 0.15) is 0 Å². The van der Waals surface area contributed by atoms with Crippen molar-refractivity contribution in [1.82, 2.24) is 0 Å². The molecule has 1 aliphatic heterocycles. The van der Waals surface area contributed by atoms with Gasteiger partial charge in [0.15, 0.2) is 0 Å². The molecule has 3 heteroatoms. The number of carbonyl (C=O) groups is 1. The van der Waals surface area contributed by atoms with Crippen molar-refractivity contribution in [2.75, 3.05) is 7.11 Å². The first-order valence-corrected chi connectivity index (χ1v) is 6.95. The second kappa shape index (κ2) is 5.08. The van der Waals surface area contributed by atoms with Gasteiger partial charge in [0.2, 0.25) is 0 Å². The first kappa shape index (κ1) is 12.9. The van der Waals surface area contributed by atoms with E-state index in [4.69, 9.17) is 9.73 Å². The quantitative estimate of drug-likeness (QED) is 0.783. The number of methoxy groups -OCH3 is 1. The number of ether oxygens (including phenoxy) is 1. The zero-order chi connectivity index (χ0) is 14.1. The molecule has 3 nitrogen and oxygen atoms in total. The molecule has 0 saturated heterocycles. The van der Waals surface area contributed by atoms with E-state index in [1.807, 2.05) is 30.3 Å². The van der Waals surface area contributed by atoms with Crippen LogP contribution in [0.3, 0.4) is 0 Å². The third-order valence-electron chi connectivity index (χ3n) is 3.79. The Hall–Kier alpha value is -2.16. The summed E-state index contributed by atoms with van der Waals surface area (Å²) in [7, 11) is 1.42. The normalized spacial score (nSPS) is 19.5. The molecule has 0 bridgehead atoms. The van der Waals surface area contributed by atoms with Gasteiger partial charge in [-0.15, -0.1) is 0 Å². The molecule has 102 valence electrons. The Morgan fingerprint density at radius 3 is 2.90 bits per heavy atom. The molecule has 0 amide bonds. The number of esters is 1. The number of rotatable bonds is 3. The number of benzene rings is 1. The van der Waals surface area contributed by atoms with Gasteiger partial charge in [-0.25, -0.2) is 4.79 Å². The fraction of sp³-hybridized carbons (Fsp3) is 0.294. The molecule has 0 spiro atoms. The van der Waals surface area contributed by atoms with Gasteiger partial charge in [-0.05, 0) is 12.5 Å². The summed E-state index contributed by atoms with van der Waals surface area (Å²) in [6, 6.07) is 7.96. The summed E-state index contributed by atoms with van der Waals surface area (Å²) >= 11 is 0. The van der Waals surface area contributed by atoms with Gasteiger partial charge < -0.3 is 4.74 Å². The number of fused-ring (bicyclic) bond motifs is 3. The minimum atomic E-state index is -0.296. The van der Waals surface area contributed by atoms with Gasteiger partial charge in [-0.1, -0.05) is 43.7 Å². The number of hydrogen-bond acceptors (Lipinski definition) is 3. The van der Waals surface area contributed by atoms with Crippen LogP contribution in [0.4, 0.5) is 5.69 Å². The van der Waals surface area contributed by atoms with E-state index in [0.717, 1.165) is 35.4 Å². The molecular formula is C17H17NO2. The second-order valence-corrected chi connectivity index (χ2v) is 5.05. The van der Waals surface area contributed by atoms with Gasteiger partial charge >= 0.3 is 5.97 Å². The minimum Gasteiger partial charge on any atom is -0.465 e. The predicted octanol–water partition coefficient (Wildman–Crippen LogP) is 3.69. The largest absolute Gasteiger partial charge is 0.465 e. The Morgan fingerprint density at radius 2 is 2.15 bits per heavy atom. The van der Waals surface area contributed by atoms with E-state index in [1.54, 1.807) is 0 Å². The Morgan fingerprint density at radius 1 is 1.35 bits per heavy atom. The maximum Gasteiger partial charge on any atom is 0.338 e. The highest BCUT2D eigenvalue weighted by Gasteiger charge is 2.32. The average Bonchev–Trinajstić information content (AvgIpc) is 2.87. The zero-order valence-corrected chi connectivity index (χ0v) is 11.7. The van der Waals surface area contributed by atoms with Crippen molar-refractivity contribution < 1.29 is 9.53 Å². The molecule has 0 aromatic heterocycles. The van der Waals surface area contributed by atoms with E-state index < -0.39 is 0 Å². The van der Waals surface area contributed by atoms with Gasteiger partial charge in [0.05, 0.1) is 24.1 Å². The van der Waals surface area contributed by atoms with E-state index in [-0.39, 0.29) is 11.9 Å². The highest BCUT2D eigenvalue weighted by molar-refractivity contribution is 6.35. The molecule has 0 radical (unpaired) electrons. The van der Waals surface area contributed by atoms with Gasteiger partial charge in [-0.2, -0.15) is 0 Å². The molecule has 1 aromatic rings. The fourth-order valence-corrected chi connectivity index (χ4v) is 2.87. The lowest BCUT2D eigenvalue weighted by Gasteiger charge is -2.20. The molecule has 2 aliphatic rings. The molecule has 1 aliphatic carbocycles.